The second-order valence-electron chi connectivity index (χ2n) is 5.23. The molecule has 0 nitrogen and oxygen atoms in total. The highest BCUT2D eigenvalue weighted by Gasteiger charge is 2.12. The maximum Gasteiger partial charge on any atom is -0.00276 e. The molecule has 0 amide bonds. The third kappa shape index (κ3) is 3.45. The van der Waals surface area contributed by atoms with Crippen molar-refractivity contribution in [3.63, 3.8) is 0 Å². The predicted octanol–water partition coefficient (Wildman–Crippen LogP) is 4.94. The van der Waals surface area contributed by atoms with E-state index in [4.69, 9.17) is 0 Å². The molecular weight excluding hydrogens is 247 g/mol. The Kier molecular flexibility index (Phi) is 4.77. The van der Waals surface area contributed by atoms with Crippen molar-refractivity contribution in [1.82, 2.24) is 0 Å². The molecule has 0 heterocycles. The van der Waals surface area contributed by atoms with E-state index in [1.165, 1.54) is 34.3 Å². The molecule has 1 heteroatoms. The predicted molar refractivity (Wildman–Crippen MR) is 87.9 cm³/mol. The summed E-state index contributed by atoms with van der Waals surface area (Å²) in [4.78, 5) is 0. The monoisotopic (exact) mass is 270 g/mol. The smallest absolute Gasteiger partial charge is 0.00276 e. The first-order valence-corrected chi connectivity index (χ1v) is 8.69. The van der Waals surface area contributed by atoms with Gasteiger partial charge in [-0.1, -0.05) is 62.9 Å². The fraction of sp³-hybridized carbons (Fsp3) is 0.333. The van der Waals surface area contributed by atoms with Crippen molar-refractivity contribution in [1.29, 1.82) is 0 Å². The fourth-order valence-electron chi connectivity index (χ4n) is 2.67. The highest BCUT2D eigenvalue weighted by atomic mass is 31.1. The standard InChI is InChI=1S/C18H23P/c1-5-19(17-9-7-6-8-10-17)13-18-15(3)11-14(2)12-16(18)4/h6-12H,5,13H2,1-4H3. The van der Waals surface area contributed by atoms with E-state index < -0.39 is 0 Å². The molecule has 19 heavy (non-hydrogen) atoms. The van der Waals surface area contributed by atoms with Gasteiger partial charge in [0.2, 0.25) is 0 Å². The number of aryl methyl sites for hydroxylation is 3. The van der Waals surface area contributed by atoms with E-state index in [9.17, 15) is 0 Å². The van der Waals surface area contributed by atoms with Gasteiger partial charge in [-0.15, -0.1) is 0 Å². The van der Waals surface area contributed by atoms with Gasteiger partial charge in [0.1, 0.15) is 0 Å². The number of hydrogen-bond acceptors (Lipinski definition) is 0. The second-order valence-corrected chi connectivity index (χ2v) is 7.77. The minimum atomic E-state index is -0.0719. The molecule has 0 aliphatic carbocycles. The van der Waals surface area contributed by atoms with Gasteiger partial charge in [-0.25, -0.2) is 0 Å². The highest BCUT2D eigenvalue weighted by molar-refractivity contribution is 7.64. The lowest BCUT2D eigenvalue weighted by molar-refractivity contribution is 1.20. The zero-order valence-electron chi connectivity index (χ0n) is 12.4. The zero-order valence-corrected chi connectivity index (χ0v) is 13.3. The molecule has 0 saturated carbocycles. The van der Waals surface area contributed by atoms with Gasteiger partial charge in [0.15, 0.2) is 0 Å². The van der Waals surface area contributed by atoms with Crippen molar-refractivity contribution >= 4 is 13.2 Å². The Hall–Kier alpha value is -1.13. The molecule has 1 unspecified atom stereocenters. The van der Waals surface area contributed by atoms with Crippen LogP contribution in [0.3, 0.4) is 0 Å². The molecule has 0 radical (unpaired) electrons. The van der Waals surface area contributed by atoms with Gasteiger partial charge in [-0.2, -0.15) is 0 Å². The Bertz CT molecular complexity index is 520. The molecule has 0 saturated heterocycles. The van der Waals surface area contributed by atoms with Crippen LogP contribution in [0.1, 0.15) is 29.2 Å². The third-order valence-electron chi connectivity index (χ3n) is 3.69. The summed E-state index contributed by atoms with van der Waals surface area (Å²) in [5, 5.41) is 1.53. The van der Waals surface area contributed by atoms with Gasteiger partial charge in [0.25, 0.3) is 0 Å². The van der Waals surface area contributed by atoms with Crippen LogP contribution in [0, 0.1) is 20.8 Å². The summed E-state index contributed by atoms with van der Waals surface area (Å²) in [6.07, 6.45) is 2.47. The molecule has 0 bridgehead atoms. The van der Waals surface area contributed by atoms with Gasteiger partial charge >= 0.3 is 0 Å². The molecule has 0 N–H and O–H groups in total. The number of benzene rings is 2. The molecule has 100 valence electrons. The van der Waals surface area contributed by atoms with Crippen LogP contribution in [0.25, 0.3) is 0 Å². The molecule has 2 aromatic carbocycles. The van der Waals surface area contributed by atoms with E-state index in [0.717, 1.165) is 0 Å². The first-order chi connectivity index (χ1) is 9.11. The van der Waals surface area contributed by atoms with Gasteiger partial charge in [0.05, 0.1) is 0 Å². The zero-order chi connectivity index (χ0) is 13.8. The van der Waals surface area contributed by atoms with Crippen LogP contribution in [0.4, 0.5) is 0 Å². The Balaban J connectivity index is 2.29. The highest BCUT2D eigenvalue weighted by Crippen LogP contribution is 2.39. The Labute approximate surface area is 118 Å². The lowest BCUT2D eigenvalue weighted by atomic mass is 10.0. The summed E-state index contributed by atoms with van der Waals surface area (Å²) < 4.78 is 0. The minimum Gasteiger partial charge on any atom is -0.0711 e. The van der Waals surface area contributed by atoms with Gasteiger partial charge in [0, 0.05) is 0 Å². The lowest BCUT2D eigenvalue weighted by Crippen LogP contribution is -2.05. The maximum absolute atomic E-state index is 2.32. The Morgan fingerprint density at radius 3 is 2.00 bits per heavy atom. The Morgan fingerprint density at radius 2 is 1.47 bits per heavy atom. The van der Waals surface area contributed by atoms with E-state index in [1.54, 1.807) is 5.56 Å². The molecule has 0 aliphatic rings. The third-order valence-corrected chi connectivity index (χ3v) is 6.18. The van der Waals surface area contributed by atoms with Crippen molar-refractivity contribution in [3.8, 4) is 0 Å². The molecule has 2 aromatic rings. The second kappa shape index (κ2) is 6.35. The maximum atomic E-state index is 2.32. The van der Waals surface area contributed by atoms with Crippen molar-refractivity contribution in [3.05, 3.63) is 64.7 Å². The van der Waals surface area contributed by atoms with E-state index >= 15 is 0 Å². The van der Waals surface area contributed by atoms with E-state index in [1.807, 2.05) is 0 Å². The van der Waals surface area contributed by atoms with E-state index in [-0.39, 0.29) is 7.92 Å². The van der Waals surface area contributed by atoms with E-state index in [2.05, 4.69) is 70.2 Å². The summed E-state index contributed by atoms with van der Waals surface area (Å²) in [7, 11) is -0.0719. The molecule has 0 fully saturated rings. The summed E-state index contributed by atoms with van der Waals surface area (Å²) in [5.41, 5.74) is 5.84. The topological polar surface area (TPSA) is 0 Å². The Morgan fingerprint density at radius 1 is 0.895 bits per heavy atom. The van der Waals surface area contributed by atoms with Crippen LogP contribution in [-0.4, -0.2) is 6.16 Å². The first-order valence-electron chi connectivity index (χ1n) is 6.98. The molecule has 1 atom stereocenters. The molecule has 0 spiro atoms. The quantitative estimate of drug-likeness (QED) is 0.690. The van der Waals surface area contributed by atoms with Crippen molar-refractivity contribution < 1.29 is 0 Å². The largest absolute Gasteiger partial charge is 0.0711 e. The summed E-state index contributed by atoms with van der Waals surface area (Å²) in [6, 6.07) is 15.6. The van der Waals surface area contributed by atoms with E-state index in [0.29, 0.717) is 0 Å². The first kappa shape index (κ1) is 14.3. The summed E-state index contributed by atoms with van der Waals surface area (Å²) in [6.45, 7) is 9.01. The van der Waals surface area contributed by atoms with Crippen molar-refractivity contribution in [2.45, 2.75) is 33.9 Å². The number of hydrogen-bond donors (Lipinski definition) is 0. The molecule has 0 aromatic heterocycles. The molecule has 0 aliphatic heterocycles. The van der Waals surface area contributed by atoms with Crippen molar-refractivity contribution in [2.24, 2.45) is 0 Å². The number of rotatable bonds is 4. The van der Waals surface area contributed by atoms with Gasteiger partial charge in [-0.3, -0.25) is 0 Å². The van der Waals surface area contributed by atoms with Crippen molar-refractivity contribution in [2.75, 3.05) is 6.16 Å². The summed E-state index contributed by atoms with van der Waals surface area (Å²) in [5.74, 6) is 0. The lowest BCUT2D eigenvalue weighted by Gasteiger charge is -2.19. The SMILES string of the molecule is CCP(Cc1c(C)cc(C)cc1C)c1ccccc1. The van der Waals surface area contributed by atoms with Crippen LogP contribution in [0.15, 0.2) is 42.5 Å². The summed E-state index contributed by atoms with van der Waals surface area (Å²) >= 11 is 0. The average Bonchev–Trinajstić information content (AvgIpc) is 2.39. The normalized spacial score (nSPS) is 12.4. The fourth-order valence-corrected chi connectivity index (χ4v) is 4.92. The van der Waals surface area contributed by atoms with Crippen LogP contribution < -0.4 is 5.30 Å². The van der Waals surface area contributed by atoms with Crippen LogP contribution >= 0.6 is 7.92 Å². The average molecular weight is 270 g/mol. The van der Waals surface area contributed by atoms with Crippen LogP contribution in [-0.2, 0) is 6.16 Å². The molecular formula is C18H23P. The van der Waals surface area contributed by atoms with Crippen LogP contribution in [0.2, 0.25) is 0 Å². The van der Waals surface area contributed by atoms with Gasteiger partial charge < -0.3 is 0 Å². The van der Waals surface area contributed by atoms with Gasteiger partial charge in [-0.05, 0) is 55.1 Å². The molecule has 2 rings (SSSR count). The minimum absolute atomic E-state index is 0.0719. The van der Waals surface area contributed by atoms with Crippen LogP contribution in [0.5, 0.6) is 0 Å².